The summed E-state index contributed by atoms with van der Waals surface area (Å²) in [7, 11) is 0. The lowest BCUT2D eigenvalue weighted by molar-refractivity contribution is -0.126. The van der Waals surface area contributed by atoms with Gasteiger partial charge in [0.05, 0.1) is 17.1 Å². The minimum absolute atomic E-state index is 0.170. The van der Waals surface area contributed by atoms with Crippen LogP contribution in [0.15, 0.2) is 29.6 Å². The van der Waals surface area contributed by atoms with Crippen LogP contribution in [0.2, 0.25) is 0 Å². The van der Waals surface area contributed by atoms with Crippen molar-refractivity contribution in [1.82, 2.24) is 10.3 Å². The van der Waals surface area contributed by atoms with Gasteiger partial charge < -0.3 is 10.6 Å². The van der Waals surface area contributed by atoms with E-state index < -0.39 is 6.04 Å². The number of hydrogen-bond acceptors (Lipinski definition) is 4. The SMILES string of the molecule is Cc1nc(CC(=O)N[C@H]2Cc3ccccc3NC2=O)cs1. The van der Waals surface area contributed by atoms with Crippen LogP contribution in [0.3, 0.4) is 0 Å². The summed E-state index contributed by atoms with van der Waals surface area (Å²) in [6, 6.07) is 7.10. The zero-order valence-corrected chi connectivity index (χ0v) is 12.4. The topological polar surface area (TPSA) is 71.1 Å². The zero-order valence-electron chi connectivity index (χ0n) is 11.6. The van der Waals surface area contributed by atoms with E-state index in [2.05, 4.69) is 15.6 Å². The Kier molecular flexibility index (Phi) is 3.70. The van der Waals surface area contributed by atoms with Crippen LogP contribution in [0.25, 0.3) is 0 Å². The number of carbonyl (C=O) groups excluding carboxylic acids is 2. The molecule has 0 unspecified atom stereocenters. The smallest absolute Gasteiger partial charge is 0.247 e. The van der Waals surface area contributed by atoms with Gasteiger partial charge in [-0.05, 0) is 18.6 Å². The summed E-state index contributed by atoms with van der Waals surface area (Å²) < 4.78 is 0. The van der Waals surface area contributed by atoms with Crippen molar-refractivity contribution < 1.29 is 9.59 Å². The Hall–Kier alpha value is -2.21. The third-order valence-corrected chi connectivity index (χ3v) is 4.18. The number of thiazole rings is 1. The molecule has 3 rings (SSSR count). The molecule has 1 atom stereocenters. The number of nitrogens with zero attached hydrogens (tertiary/aromatic N) is 1. The number of carbonyl (C=O) groups is 2. The van der Waals surface area contributed by atoms with Crippen molar-refractivity contribution in [3.8, 4) is 0 Å². The van der Waals surface area contributed by atoms with Gasteiger partial charge in [0.25, 0.3) is 0 Å². The highest BCUT2D eigenvalue weighted by Gasteiger charge is 2.27. The van der Waals surface area contributed by atoms with Crippen molar-refractivity contribution >= 4 is 28.8 Å². The first-order valence-corrected chi connectivity index (χ1v) is 7.59. The lowest BCUT2D eigenvalue weighted by Crippen LogP contribution is -2.48. The summed E-state index contributed by atoms with van der Waals surface area (Å²) in [4.78, 5) is 28.3. The van der Waals surface area contributed by atoms with E-state index in [4.69, 9.17) is 0 Å². The van der Waals surface area contributed by atoms with Gasteiger partial charge in [-0.25, -0.2) is 4.98 Å². The van der Waals surface area contributed by atoms with E-state index >= 15 is 0 Å². The van der Waals surface area contributed by atoms with Gasteiger partial charge in [0, 0.05) is 17.5 Å². The van der Waals surface area contributed by atoms with E-state index in [9.17, 15) is 9.59 Å². The second-order valence-corrected chi connectivity index (χ2v) is 6.07. The molecule has 21 heavy (non-hydrogen) atoms. The summed E-state index contributed by atoms with van der Waals surface area (Å²) in [6.07, 6.45) is 0.722. The molecular weight excluding hydrogens is 286 g/mol. The highest BCUT2D eigenvalue weighted by Crippen LogP contribution is 2.21. The molecule has 1 aromatic heterocycles. The molecule has 0 bridgehead atoms. The lowest BCUT2D eigenvalue weighted by Gasteiger charge is -2.25. The van der Waals surface area contributed by atoms with Crippen molar-refractivity contribution in [2.75, 3.05) is 5.32 Å². The van der Waals surface area contributed by atoms with E-state index in [0.717, 1.165) is 22.0 Å². The molecule has 5 nitrogen and oxygen atoms in total. The molecule has 0 fully saturated rings. The maximum Gasteiger partial charge on any atom is 0.247 e. The third-order valence-electron chi connectivity index (χ3n) is 3.36. The molecule has 1 aliphatic rings. The van der Waals surface area contributed by atoms with E-state index in [1.807, 2.05) is 36.6 Å². The number of amides is 2. The Bertz CT molecular complexity index is 696. The average Bonchev–Trinajstić information content (AvgIpc) is 2.85. The highest BCUT2D eigenvalue weighted by molar-refractivity contribution is 7.09. The first-order chi connectivity index (χ1) is 10.1. The molecule has 6 heteroatoms. The molecule has 0 saturated heterocycles. The molecule has 2 N–H and O–H groups in total. The van der Waals surface area contributed by atoms with Crippen LogP contribution in [-0.4, -0.2) is 22.8 Å². The van der Waals surface area contributed by atoms with Gasteiger partial charge in [0.2, 0.25) is 11.8 Å². The van der Waals surface area contributed by atoms with Gasteiger partial charge >= 0.3 is 0 Å². The molecule has 1 aliphatic heterocycles. The zero-order chi connectivity index (χ0) is 14.8. The number of hydrogen-bond donors (Lipinski definition) is 2. The van der Waals surface area contributed by atoms with Crippen LogP contribution in [0.4, 0.5) is 5.69 Å². The monoisotopic (exact) mass is 301 g/mol. The van der Waals surface area contributed by atoms with Crippen molar-refractivity contribution in [2.45, 2.75) is 25.8 Å². The molecule has 0 saturated carbocycles. The van der Waals surface area contributed by atoms with Crippen molar-refractivity contribution in [2.24, 2.45) is 0 Å². The number of benzene rings is 1. The van der Waals surface area contributed by atoms with Crippen LogP contribution < -0.4 is 10.6 Å². The second kappa shape index (κ2) is 5.65. The summed E-state index contributed by atoms with van der Waals surface area (Å²) in [6.45, 7) is 1.90. The van der Waals surface area contributed by atoms with Gasteiger partial charge in [-0.3, -0.25) is 9.59 Å². The largest absolute Gasteiger partial charge is 0.344 e. The van der Waals surface area contributed by atoms with Crippen LogP contribution in [0.5, 0.6) is 0 Å². The standard InChI is InChI=1S/C15H15N3O2S/c1-9-16-11(8-21-9)7-14(19)17-13-6-10-4-2-3-5-12(10)18-15(13)20/h2-5,8,13H,6-7H2,1H3,(H,17,19)(H,18,20)/t13-/m0/s1. The molecule has 1 aromatic carbocycles. The molecule has 0 radical (unpaired) electrons. The van der Waals surface area contributed by atoms with E-state index in [1.165, 1.54) is 11.3 Å². The predicted molar refractivity (Wildman–Crippen MR) is 81.3 cm³/mol. The Balaban J connectivity index is 1.65. The molecule has 0 aliphatic carbocycles. The van der Waals surface area contributed by atoms with Crippen LogP contribution >= 0.6 is 11.3 Å². The minimum atomic E-state index is -0.521. The average molecular weight is 301 g/mol. The van der Waals surface area contributed by atoms with E-state index in [1.54, 1.807) is 0 Å². The first kappa shape index (κ1) is 13.8. The Morgan fingerprint density at radius 2 is 2.29 bits per heavy atom. The number of aromatic nitrogens is 1. The quantitative estimate of drug-likeness (QED) is 0.906. The number of nitrogens with one attached hydrogen (secondary N) is 2. The van der Waals surface area contributed by atoms with Gasteiger partial charge in [0.15, 0.2) is 0 Å². The molecule has 2 heterocycles. The van der Waals surface area contributed by atoms with E-state index in [0.29, 0.717) is 6.42 Å². The summed E-state index contributed by atoms with van der Waals surface area (Å²) in [5, 5.41) is 8.40. The van der Waals surface area contributed by atoms with Crippen LogP contribution in [0.1, 0.15) is 16.3 Å². The fourth-order valence-electron chi connectivity index (χ4n) is 2.37. The Labute approximate surface area is 126 Å². The Morgan fingerprint density at radius 3 is 3.05 bits per heavy atom. The maximum absolute atomic E-state index is 12.0. The molecule has 108 valence electrons. The molecule has 2 amide bonds. The highest BCUT2D eigenvalue weighted by atomic mass is 32.1. The van der Waals surface area contributed by atoms with Gasteiger partial charge in [-0.2, -0.15) is 0 Å². The maximum atomic E-state index is 12.0. The molecule has 2 aromatic rings. The summed E-state index contributed by atoms with van der Waals surface area (Å²) in [5.74, 6) is -0.351. The number of anilines is 1. The predicted octanol–water partition coefficient (Wildman–Crippen LogP) is 1.67. The fraction of sp³-hybridized carbons (Fsp3) is 0.267. The number of fused-ring (bicyclic) bond motifs is 1. The van der Waals surface area contributed by atoms with Crippen molar-refractivity contribution in [3.05, 3.63) is 45.9 Å². The number of aryl methyl sites for hydroxylation is 1. The van der Waals surface area contributed by atoms with Crippen molar-refractivity contribution in [1.29, 1.82) is 0 Å². The van der Waals surface area contributed by atoms with Crippen molar-refractivity contribution in [3.63, 3.8) is 0 Å². The van der Waals surface area contributed by atoms with Gasteiger partial charge in [-0.15, -0.1) is 11.3 Å². The van der Waals surface area contributed by atoms with Gasteiger partial charge in [0.1, 0.15) is 6.04 Å². The summed E-state index contributed by atoms with van der Waals surface area (Å²) >= 11 is 1.51. The van der Waals surface area contributed by atoms with Crippen LogP contribution in [0, 0.1) is 6.92 Å². The first-order valence-electron chi connectivity index (χ1n) is 6.71. The number of para-hydroxylation sites is 1. The third kappa shape index (κ3) is 3.11. The lowest BCUT2D eigenvalue weighted by atomic mass is 9.99. The minimum Gasteiger partial charge on any atom is -0.344 e. The number of rotatable bonds is 3. The second-order valence-electron chi connectivity index (χ2n) is 5.01. The van der Waals surface area contributed by atoms with Crippen LogP contribution in [-0.2, 0) is 22.4 Å². The van der Waals surface area contributed by atoms with Gasteiger partial charge in [-0.1, -0.05) is 18.2 Å². The molecule has 0 spiro atoms. The fourth-order valence-corrected chi connectivity index (χ4v) is 2.98. The summed E-state index contributed by atoms with van der Waals surface area (Å²) in [5.41, 5.74) is 2.60. The normalized spacial score (nSPS) is 17.0. The Morgan fingerprint density at radius 1 is 1.48 bits per heavy atom. The molecular formula is C15H15N3O2S. The van der Waals surface area contributed by atoms with E-state index in [-0.39, 0.29) is 18.2 Å².